The summed E-state index contributed by atoms with van der Waals surface area (Å²) in [6.07, 6.45) is 1.43. The largest absolute Gasteiger partial charge is 0.310 e. The molecule has 25 heavy (non-hydrogen) atoms. The smallest absolute Gasteiger partial charge is 0.226 e. The third-order valence-corrected chi connectivity index (χ3v) is 4.23. The molecule has 0 radical (unpaired) electrons. The summed E-state index contributed by atoms with van der Waals surface area (Å²) in [6, 6.07) is 9.52. The SMILES string of the molecule is O=C1C[C@@H](c2cccc(F)c2F)c2ncn(-c3ccc(F)cc3)c2N1. The number of rotatable bonds is 2. The third-order valence-electron chi connectivity index (χ3n) is 4.23. The van der Waals surface area contributed by atoms with Crippen molar-refractivity contribution in [2.24, 2.45) is 0 Å². The van der Waals surface area contributed by atoms with E-state index in [0.717, 1.165) is 6.07 Å². The van der Waals surface area contributed by atoms with Crippen LogP contribution in [-0.4, -0.2) is 15.5 Å². The van der Waals surface area contributed by atoms with Gasteiger partial charge in [-0.3, -0.25) is 9.36 Å². The molecule has 1 aliphatic heterocycles. The van der Waals surface area contributed by atoms with E-state index in [-0.39, 0.29) is 23.7 Å². The highest BCUT2D eigenvalue weighted by atomic mass is 19.2. The molecule has 0 saturated heterocycles. The first-order valence-electron chi connectivity index (χ1n) is 7.61. The molecule has 2 heterocycles. The van der Waals surface area contributed by atoms with E-state index in [1.807, 2.05) is 0 Å². The maximum atomic E-state index is 14.2. The second-order valence-electron chi connectivity index (χ2n) is 5.77. The zero-order valence-corrected chi connectivity index (χ0v) is 12.8. The number of benzene rings is 2. The fourth-order valence-corrected chi connectivity index (χ4v) is 3.05. The number of halogens is 3. The molecule has 1 aromatic heterocycles. The Labute approximate surface area is 140 Å². The second-order valence-corrected chi connectivity index (χ2v) is 5.77. The predicted molar refractivity (Wildman–Crippen MR) is 85.0 cm³/mol. The van der Waals surface area contributed by atoms with Crippen LogP contribution in [0.4, 0.5) is 19.0 Å². The van der Waals surface area contributed by atoms with Crippen molar-refractivity contribution in [3.8, 4) is 5.69 Å². The minimum Gasteiger partial charge on any atom is -0.310 e. The van der Waals surface area contributed by atoms with Gasteiger partial charge in [0.25, 0.3) is 0 Å². The van der Waals surface area contributed by atoms with Gasteiger partial charge in [0, 0.05) is 23.6 Å². The Morgan fingerprint density at radius 2 is 1.84 bits per heavy atom. The number of nitrogens with one attached hydrogen (secondary N) is 1. The Kier molecular flexibility index (Phi) is 3.56. The van der Waals surface area contributed by atoms with Crippen LogP contribution in [0.5, 0.6) is 0 Å². The molecule has 0 aliphatic carbocycles. The van der Waals surface area contributed by atoms with Crippen LogP contribution in [0.15, 0.2) is 48.8 Å². The maximum Gasteiger partial charge on any atom is 0.226 e. The van der Waals surface area contributed by atoms with Gasteiger partial charge in [0.05, 0.1) is 5.69 Å². The van der Waals surface area contributed by atoms with Gasteiger partial charge in [0.15, 0.2) is 11.6 Å². The topological polar surface area (TPSA) is 46.9 Å². The van der Waals surface area contributed by atoms with Gasteiger partial charge >= 0.3 is 0 Å². The van der Waals surface area contributed by atoms with Crippen molar-refractivity contribution in [1.82, 2.24) is 9.55 Å². The van der Waals surface area contributed by atoms with Crippen molar-refractivity contribution >= 4 is 11.7 Å². The summed E-state index contributed by atoms with van der Waals surface area (Å²) in [5.74, 6) is -2.99. The molecule has 1 amide bonds. The second kappa shape index (κ2) is 5.77. The number of anilines is 1. The van der Waals surface area contributed by atoms with Crippen LogP contribution in [0.1, 0.15) is 23.6 Å². The Balaban J connectivity index is 1.84. The van der Waals surface area contributed by atoms with Crippen LogP contribution < -0.4 is 5.32 Å². The minimum atomic E-state index is -0.982. The summed E-state index contributed by atoms with van der Waals surface area (Å²) in [7, 11) is 0. The number of hydrogen-bond donors (Lipinski definition) is 1. The molecular weight excluding hydrogens is 331 g/mol. The lowest BCUT2D eigenvalue weighted by Crippen LogP contribution is -2.25. The summed E-state index contributed by atoms with van der Waals surface area (Å²) < 4.78 is 42.5. The Hall–Kier alpha value is -3.09. The van der Waals surface area contributed by atoms with Crippen LogP contribution in [0.3, 0.4) is 0 Å². The highest BCUT2D eigenvalue weighted by Crippen LogP contribution is 2.38. The molecule has 1 N–H and O–H groups in total. The van der Waals surface area contributed by atoms with Gasteiger partial charge in [-0.05, 0) is 30.3 Å². The molecule has 0 saturated carbocycles. The lowest BCUT2D eigenvalue weighted by molar-refractivity contribution is -0.116. The van der Waals surface area contributed by atoms with Crippen molar-refractivity contribution in [2.45, 2.75) is 12.3 Å². The molecular formula is C18H12F3N3O. The van der Waals surface area contributed by atoms with Crippen LogP contribution in [0.25, 0.3) is 5.69 Å². The van der Waals surface area contributed by atoms with Crippen molar-refractivity contribution in [3.63, 3.8) is 0 Å². The first-order valence-corrected chi connectivity index (χ1v) is 7.61. The summed E-state index contributed by atoms with van der Waals surface area (Å²) in [4.78, 5) is 16.4. The van der Waals surface area contributed by atoms with Gasteiger partial charge in [-0.15, -0.1) is 0 Å². The number of hydrogen-bond acceptors (Lipinski definition) is 2. The van der Waals surface area contributed by atoms with E-state index in [2.05, 4.69) is 10.3 Å². The van der Waals surface area contributed by atoms with E-state index < -0.39 is 17.6 Å². The number of nitrogens with zero attached hydrogens (tertiary/aromatic N) is 2. The number of aromatic nitrogens is 2. The molecule has 4 nitrogen and oxygen atoms in total. The molecule has 2 aromatic carbocycles. The zero-order valence-electron chi connectivity index (χ0n) is 12.8. The summed E-state index contributed by atoms with van der Waals surface area (Å²) >= 11 is 0. The van der Waals surface area contributed by atoms with Crippen molar-refractivity contribution < 1.29 is 18.0 Å². The van der Waals surface area contributed by atoms with E-state index in [4.69, 9.17) is 0 Å². The van der Waals surface area contributed by atoms with Crippen LogP contribution in [0.2, 0.25) is 0 Å². The van der Waals surface area contributed by atoms with Gasteiger partial charge in [0.1, 0.15) is 18.0 Å². The van der Waals surface area contributed by atoms with E-state index >= 15 is 0 Å². The van der Waals surface area contributed by atoms with Crippen LogP contribution in [0, 0.1) is 17.5 Å². The first-order chi connectivity index (χ1) is 12.0. The molecule has 0 fully saturated rings. The van der Waals surface area contributed by atoms with Crippen molar-refractivity contribution in [2.75, 3.05) is 5.32 Å². The van der Waals surface area contributed by atoms with Crippen LogP contribution >= 0.6 is 0 Å². The summed E-state index contributed by atoms with van der Waals surface area (Å²) in [5.41, 5.74) is 1.12. The number of carbonyl (C=O) groups excluding carboxylic acids is 1. The summed E-state index contributed by atoms with van der Waals surface area (Å²) in [5, 5.41) is 2.71. The van der Waals surface area contributed by atoms with Gasteiger partial charge < -0.3 is 5.32 Å². The Bertz CT molecular complexity index is 966. The van der Waals surface area contributed by atoms with E-state index in [1.54, 1.807) is 4.57 Å². The lowest BCUT2D eigenvalue weighted by Gasteiger charge is -2.23. The normalized spacial score (nSPS) is 16.4. The van der Waals surface area contributed by atoms with Gasteiger partial charge in [0.2, 0.25) is 5.91 Å². The van der Waals surface area contributed by atoms with Crippen LogP contribution in [-0.2, 0) is 4.79 Å². The summed E-state index contributed by atoms with van der Waals surface area (Å²) in [6.45, 7) is 0. The fraction of sp³-hybridized carbons (Fsp3) is 0.111. The first kappa shape index (κ1) is 15.4. The van der Waals surface area contributed by atoms with E-state index in [1.165, 1.54) is 42.7 Å². The predicted octanol–water partition coefficient (Wildman–Crippen LogP) is 3.76. The average molecular weight is 343 g/mol. The monoisotopic (exact) mass is 343 g/mol. The molecule has 1 atom stereocenters. The fourth-order valence-electron chi connectivity index (χ4n) is 3.05. The van der Waals surface area contributed by atoms with Gasteiger partial charge in [-0.2, -0.15) is 0 Å². The molecule has 1 aliphatic rings. The highest BCUT2D eigenvalue weighted by Gasteiger charge is 2.33. The molecule has 126 valence electrons. The average Bonchev–Trinajstić information content (AvgIpc) is 3.01. The van der Waals surface area contributed by atoms with E-state index in [9.17, 15) is 18.0 Å². The minimum absolute atomic E-state index is 0.0339. The molecule has 4 rings (SSSR count). The zero-order chi connectivity index (χ0) is 17.6. The maximum absolute atomic E-state index is 14.2. The molecule has 3 aromatic rings. The number of fused-ring (bicyclic) bond motifs is 1. The Morgan fingerprint density at radius 1 is 1.08 bits per heavy atom. The number of imidazole rings is 1. The standard InChI is InChI=1S/C18H12F3N3O/c19-10-4-6-11(7-5-10)24-9-22-17-13(8-15(25)23-18(17)24)12-2-1-3-14(20)16(12)21/h1-7,9,13H,8H2,(H,23,25)/t13-/m0/s1. The van der Waals surface area contributed by atoms with Gasteiger partial charge in [-0.1, -0.05) is 12.1 Å². The molecule has 7 heteroatoms. The quantitative estimate of drug-likeness (QED) is 0.770. The lowest BCUT2D eigenvalue weighted by atomic mass is 9.89. The number of carbonyl (C=O) groups is 1. The third kappa shape index (κ3) is 2.57. The van der Waals surface area contributed by atoms with Crippen molar-refractivity contribution in [1.29, 1.82) is 0 Å². The van der Waals surface area contributed by atoms with E-state index in [0.29, 0.717) is 17.2 Å². The van der Waals surface area contributed by atoms with Gasteiger partial charge in [-0.25, -0.2) is 18.2 Å². The highest BCUT2D eigenvalue weighted by molar-refractivity contribution is 5.94. The number of amides is 1. The van der Waals surface area contributed by atoms with Crippen molar-refractivity contribution in [3.05, 3.63) is 77.5 Å². The molecule has 0 spiro atoms. The molecule has 0 bridgehead atoms. The molecule has 0 unspecified atom stereocenters. The Morgan fingerprint density at radius 3 is 2.60 bits per heavy atom.